The number of benzene rings is 11. The molecule has 0 aliphatic heterocycles. The van der Waals surface area contributed by atoms with Gasteiger partial charge in [-0.3, -0.25) is 0 Å². The van der Waals surface area contributed by atoms with E-state index in [1.807, 2.05) is 0 Å². The molecule has 2 nitrogen and oxygen atoms in total. The van der Waals surface area contributed by atoms with Crippen molar-refractivity contribution in [1.29, 1.82) is 0 Å². The molecule has 3 unspecified atom stereocenters. The highest BCUT2D eigenvalue weighted by molar-refractivity contribution is 5.90. The van der Waals surface area contributed by atoms with Crippen molar-refractivity contribution in [3.63, 3.8) is 0 Å². The van der Waals surface area contributed by atoms with Crippen molar-refractivity contribution in [2.75, 3.05) is 4.90 Å². The van der Waals surface area contributed by atoms with Gasteiger partial charge in [-0.15, -0.1) is 0 Å². The number of aryl methyl sites for hydroxylation is 2. The minimum absolute atomic E-state index is 0.481. The van der Waals surface area contributed by atoms with Crippen LogP contribution in [0, 0.1) is 0 Å². The van der Waals surface area contributed by atoms with Crippen molar-refractivity contribution in [3.05, 3.63) is 317 Å². The molecule has 0 amide bonds. The number of ether oxygens (including phenoxy) is 1. The monoisotopic (exact) mass is 991 g/mol. The Hall–Kier alpha value is -8.98. The number of fused-ring (bicyclic) bond motifs is 4. The molecule has 3 atom stereocenters. The van der Waals surface area contributed by atoms with Crippen LogP contribution in [0.4, 0.5) is 17.1 Å². The van der Waals surface area contributed by atoms with E-state index < -0.39 is 5.41 Å². The molecule has 13 rings (SSSR count). The number of nitrogens with zero attached hydrogens (tertiary/aromatic N) is 1. The first-order chi connectivity index (χ1) is 38.0. The van der Waals surface area contributed by atoms with E-state index in [-0.39, 0.29) is 0 Å². The fourth-order valence-electron chi connectivity index (χ4n) is 12.4. The van der Waals surface area contributed by atoms with E-state index in [0.29, 0.717) is 11.8 Å². The molecular formula is C75H61NO. The summed E-state index contributed by atoms with van der Waals surface area (Å²) in [4.78, 5) is 2.40. The Morgan fingerprint density at radius 1 is 0.390 bits per heavy atom. The van der Waals surface area contributed by atoms with Gasteiger partial charge in [-0.2, -0.15) is 0 Å². The van der Waals surface area contributed by atoms with Crippen LogP contribution in [-0.4, -0.2) is 0 Å². The van der Waals surface area contributed by atoms with E-state index in [4.69, 9.17) is 4.74 Å². The van der Waals surface area contributed by atoms with Crippen molar-refractivity contribution in [1.82, 2.24) is 0 Å². The molecule has 2 aliphatic rings. The van der Waals surface area contributed by atoms with Crippen LogP contribution in [0.25, 0.3) is 44.5 Å². The van der Waals surface area contributed by atoms with E-state index in [1.54, 1.807) is 11.1 Å². The van der Waals surface area contributed by atoms with Crippen molar-refractivity contribution in [2.45, 2.75) is 56.8 Å². The van der Waals surface area contributed by atoms with Crippen molar-refractivity contribution >= 4 is 17.1 Å². The largest absolute Gasteiger partial charge is 0.457 e. The molecule has 0 spiro atoms. The number of anilines is 3. The summed E-state index contributed by atoms with van der Waals surface area (Å²) in [6, 6.07) is 100. The van der Waals surface area contributed by atoms with Crippen molar-refractivity contribution in [3.8, 4) is 56.0 Å². The number of hydrogen-bond acceptors (Lipinski definition) is 2. The standard InChI is InChI=1S/C75H61NO/c1-3-53(62-29-27-61-28-30-63(61)50-62)49-52(2)54-23-25-57(26-24-54)60-35-44-69(45-36-60)77-70-46-37-65(38-47-70)75(64-19-11-6-12-20-64)73-22-14-13-21-71(73)72-48-43-68(51-74(72)75)76(66-39-31-58(32-40-66)55-15-7-4-8-16-55)67-41-33-59(34-42-67)56-17-9-5-10-18-56/h4-27,29,31-48,50-53H,3,28,30,49H2,1-2H3. The molecule has 0 N–H and O–H groups in total. The number of hydrogen-bond donors (Lipinski definition) is 0. The van der Waals surface area contributed by atoms with Crippen LogP contribution in [0.2, 0.25) is 0 Å². The Balaban J connectivity index is 0.809. The van der Waals surface area contributed by atoms with Gasteiger partial charge in [0.2, 0.25) is 0 Å². The first kappa shape index (κ1) is 47.7. The normalized spacial score (nSPS) is 14.8. The predicted molar refractivity (Wildman–Crippen MR) is 321 cm³/mol. The van der Waals surface area contributed by atoms with Crippen LogP contribution >= 0.6 is 0 Å². The van der Waals surface area contributed by atoms with Gasteiger partial charge in [0.05, 0.1) is 5.41 Å². The van der Waals surface area contributed by atoms with Crippen molar-refractivity contribution < 1.29 is 4.74 Å². The third-order valence-corrected chi connectivity index (χ3v) is 16.6. The molecule has 2 heteroatoms. The Bertz CT molecular complexity index is 3730. The Morgan fingerprint density at radius 3 is 1.40 bits per heavy atom. The molecular weight excluding hydrogens is 931 g/mol. The van der Waals surface area contributed by atoms with Gasteiger partial charge < -0.3 is 9.64 Å². The first-order valence-electron chi connectivity index (χ1n) is 27.5. The lowest BCUT2D eigenvalue weighted by Crippen LogP contribution is -2.28. The van der Waals surface area contributed by atoms with Crippen molar-refractivity contribution in [2.24, 2.45) is 0 Å². The van der Waals surface area contributed by atoms with E-state index >= 15 is 0 Å². The molecule has 372 valence electrons. The van der Waals surface area contributed by atoms with Crippen LogP contribution in [-0.2, 0) is 18.3 Å². The zero-order valence-electron chi connectivity index (χ0n) is 43.8. The maximum Gasteiger partial charge on any atom is 0.127 e. The Morgan fingerprint density at radius 2 is 0.844 bits per heavy atom. The lowest BCUT2D eigenvalue weighted by molar-refractivity contribution is 0.482. The van der Waals surface area contributed by atoms with Gasteiger partial charge in [-0.05, 0) is 187 Å². The summed E-state index contributed by atoms with van der Waals surface area (Å²) in [6.07, 6.45) is 4.80. The lowest BCUT2D eigenvalue weighted by atomic mass is 9.67. The molecule has 0 radical (unpaired) electrons. The van der Waals surface area contributed by atoms with E-state index in [2.05, 4.69) is 292 Å². The smallest absolute Gasteiger partial charge is 0.127 e. The summed E-state index contributed by atoms with van der Waals surface area (Å²) in [5, 5.41) is 0. The van der Waals surface area contributed by atoms with Crippen LogP contribution in [0.1, 0.15) is 83.0 Å². The molecule has 0 heterocycles. The van der Waals surface area contributed by atoms with Gasteiger partial charge in [-0.25, -0.2) is 0 Å². The molecule has 11 aromatic rings. The summed E-state index contributed by atoms with van der Waals surface area (Å²) in [5.41, 5.74) is 23.2. The van der Waals surface area contributed by atoms with Gasteiger partial charge in [0.1, 0.15) is 11.5 Å². The fourth-order valence-corrected chi connectivity index (χ4v) is 12.4. The predicted octanol–water partition coefficient (Wildman–Crippen LogP) is 20.1. The molecule has 0 saturated carbocycles. The maximum absolute atomic E-state index is 6.63. The van der Waals surface area contributed by atoms with Crippen LogP contribution < -0.4 is 9.64 Å². The minimum atomic E-state index is -0.614. The zero-order chi connectivity index (χ0) is 51.7. The molecule has 0 bridgehead atoms. The summed E-state index contributed by atoms with van der Waals surface area (Å²) < 4.78 is 6.63. The summed E-state index contributed by atoms with van der Waals surface area (Å²) in [6.45, 7) is 4.72. The van der Waals surface area contributed by atoms with E-state index in [0.717, 1.165) is 41.4 Å². The third kappa shape index (κ3) is 9.04. The van der Waals surface area contributed by atoms with Crippen LogP contribution in [0.15, 0.2) is 273 Å². The van der Waals surface area contributed by atoms with Crippen LogP contribution in [0.3, 0.4) is 0 Å². The second kappa shape index (κ2) is 20.6. The first-order valence-corrected chi connectivity index (χ1v) is 27.5. The highest BCUT2D eigenvalue weighted by Crippen LogP contribution is 2.57. The second-order valence-electron chi connectivity index (χ2n) is 21.1. The fraction of sp³-hybridized carbons (Fsp3) is 0.120. The minimum Gasteiger partial charge on any atom is -0.457 e. The molecule has 2 aliphatic carbocycles. The van der Waals surface area contributed by atoms with Gasteiger partial charge in [0, 0.05) is 17.1 Å². The SMILES string of the molecule is CCC(CC(C)c1ccc(-c2ccc(Oc3ccc(C4(c5ccccc5)c5ccccc5-c5ccc(N(c6ccc(-c7ccccc7)cc6)c6ccc(-c7ccccc7)cc6)cc54)cc3)cc2)cc1)c1ccc2c(c1)CC2. The van der Waals surface area contributed by atoms with E-state index in [9.17, 15) is 0 Å². The summed E-state index contributed by atoms with van der Waals surface area (Å²) in [5.74, 6) is 2.66. The average molecular weight is 992 g/mol. The van der Waals surface area contributed by atoms with Crippen LogP contribution in [0.5, 0.6) is 11.5 Å². The Kier molecular flexibility index (Phi) is 12.8. The molecule has 11 aromatic carbocycles. The molecule has 77 heavy (non-hydrogen) atoms. The van der Waals surface area contributed by atoms with Gasteiger partial charge in [-0.1, -0.05) is 226 Å². The van der Waals surface area contributed by atoms with Gasteiger partial charge >= 0.3 is 0 Å². The quantitative estimate of drug-likeness (QED) is 0.101. The highest BCUT2D eigenvalue weighted by atomic mass is 16.5. The highest BCUT2D eigenvalue weighted by Gasteiger charge is 2.46. The van der Waals surface area contributed by atoms with Gasteiger partial charge in [0.25, 0.3) is 0 Å². The number of rotatable bonds is 15. The van der Waals surface area contributed by atoms with E-state index in [1.165, 1.54) is 90.7 Å². The molecule has 0 fully saturated rings. The maximum atomic E-state index is 6.63. The molecule has 0 saturated heterocycles. The zero-order valence-corrected chi connectivity index (χ0v) is 43.8. The molecule has 0 aromatic heterocycles. The summed E-state index contributed by atoms with van der Waals surface area (Å²) in [7, 11) is 0. The summed E-state index contributed by atoms with van der Waals surface area (Å²) >= 11 is 0. The Labute approximate surface area is 454 Å². The van der Waals surface area contributed by atoms with Gasteiger partial charge in [0.15, 0.2) is 0 Å². The lowest BCUT2D eigenvalue weighted by Gasteiger charge is -2.35. The third-order valence-electron chi connectivity index (χ3n) is 16.6. The average Bonchev–Trinajstić information content (AvgIpc) is 4.05. The second-order valence-corrected chi connectivity index (χ2v) is 21.1. The topological polar surface area (TPSA) is 12.5 Å².